The van der Waals surface area contributed by atoms with Crippen LogP contribution in [0.1, 0.15) is 22.8 Å². The lowest BCUT2D eigenvalue weighted by atomic mass is 10.1. The molecular weight excluding hydrogens is 256 g/mol. The number of aromatic carboxylic acids is 1. The van der Waals surface area contributed by atoms with Crippen LogP contribution in [0.25, 0.3) is 0 Å². The van der Waals surface area contributed by atoms with Crippen LogP contribution in [-0.2, 0) is 11.3 Å². The molecule has 20 heavy (non-hydrogen) atoms. The summed E-state index contributed by atoms with van der Waals surface area (Å²) < 4.78 is 5.72. The van der Waals surface area contributed by atoms with E-state index in [0.29, 0.717) is 5.56 Å². The molecular formula is C15H22N2O3. The van der Waals surface area contributed by atoms with Crippen LogP contribution in [0.4, 0.5) is 0 Å². The molecule has 0 saturated carbocycles. The first-order valence-corrected chi connectivity index (χ1v) is 7.06. The Hall–Kier alpha value is -1.43. The molecule has 0 bridgehead atoms. The van der Waals surface area contributed by atoms with E-state index in [1.165, 1.54) is 0 Å². The topological polar surface area (TPSA) is 61.8 Å². The third-order valence-electron chi connectivity index (χ3n) is 3.57. The van der Waals surface area contributed by atoms with Crippen LogP contribution in [0.15, 0.2) is 24.3 Å². The van der Waals surface area contributed by atoms with Gasteiger partial charge in [-0.15, -0.1) is 0 Å². The first-order valence-electron chi connectivity index (χ1n) is 7.06. The van der Waals surface area contributed by atoms with E-state index in [-0.39, 0.29) is 6.10 Å². The Morgan fingerprint density at radius 1 is 1.45 bits per heavy atom. The van der Waals surface area contributed by atoms with E-state index in [2.05, 4.69) is 17.1 Å². The van der Waals surface area contributed by atoms with Gasteiger partial charge in [-0.2, -0.15) is 0 Å². The SMILES string of the molecule is CCN1CCOC(CNCc2ccc(C(=O)O)cc2)C1. The van der Waals surface area contributed by atoms with E-state index >= 15 is 0 Å². The molecule has 0 spiro atoms. The van der Waals surface area contributed by atoms with Crippen molar-refractivity contribution in [2.45, 2.75) is 19.6 Å². The highest BCUT2D eigenvalue weighted by Crippen LogP contribution is 2.06. The Morgan fingerprint density at radius 3 is 2.85 bits per heavy atom. The quantitative estimate of drug-likeness (QED) is 0.818. The van der Waals surface area contributed by atoms with E-state index in [4.69, 9.17) is 9.84 Å². The summed E-state index contributed by atoms with van der Waals surface area (Å²) in [7, 11) is 0. The Morgan fingerprint density at radius 2 is 2.20 bits per heavy atom. The lowest BCUT2D eigenvalue weighted by Crippen LogP contribution is -2.46. The Kier molecular flexibility index (Phi) is 5.52. The molecule has 110 valence electrons. The Balaban J connectivity index is 1.74. The fourth-order valence-electron chi connectivity index (χ4n) is 2.33. The lowest BCUT2D eigenvalue weighted by molar-refractivity contribution is -0.0253. The molecule has 1 unspecified atom stereocenters. The number of hydrogen-bond acceptors (Lipinski definition) is 4. The molecule has 1 aromatic rings. The first-order chi connectivity index (χ1) is 9.69. The fraction of sp³-hybridized carbons (Fsp3) is 0.533. The van der Waals surface area contributed by atoms with Gasteiger partial charge in [0.25, 0.3) is 0 Å². The molecule has 1 fully saturated rings. The van der Waals surface area contributed by atoms with Crippen molar-refractivity contribution >= 4 is 5.97 Å². The third-order valence-corrected chi connectivity index (χ3v) is 3.57. The van der Waals surface area contributed by atoms with Crippen molar-refractivity contribution in [3.8, 4) is 0 Å². The molecule has 1 saturated heterocycles. The van der Waals surface area contributed by atoms with Gasteiger partial charge in [0.05, 0.1) is 18.3 Å². The Bertz CT molecular complexity index is 433. The average molecular weight is 278 g/mol. The van der Waals surface area contributed by atoms with E-state index in [1.807, 2.05) is 12.1 Å². The molecule has 1 aromatic carbocycles. The molecule has 1 aliphatic rings. The molecule has 0 aromatic heterocycles. The number of nitrogens with zero attached hydrogens (tertiary/aromatic N) is 1. The number of carboxylic acids is 1. The highest BCUT2D eigenvalue weighted by atomic mass is 16.5. The number of morpholine rings is 1. The maximum absolute atomic E-state index is 10.8. The van der Waals surface area contributed by atoms with Gasteiger partial charge in [0, 0.05) is 26.2 Å². The maximum atomic E-state index is 10.8. The largest absolute Gasteiger partial charge is 0.478 e. The van der Waals surface area contributed by atoms with Crippen LogP contribution in [0, 0.1) is 0 Å². The second-order valence-electron chi connectivity index (χ2n) is 5.02. The van der Waals surface area contributed by atoms with Crippen LogP contribution in [0.3, 0.4) is 0 Å². The van der Waals surface area contributed by atoms with Gasteiger partial charge in [0.2, 0.25) is 0 Å². The van der Waals surface area contributed by atoms with Gasteiger partial charge in [-0.05, 0) is 24.2 Å². The third kappa shape index (κ3) is 4.30. The summed E-state index contributed by atoms with van der Waals surface area (Å²) >= 11 is 0. The predicted octanol–water partition coefficient (Wildman–Crippen LogP) is 1.20. The number of carbonyl (C=O) groups is 1. The fourth-order valence-corrected chi connectivity index (χ4v) is 2.33. The van der Waals surface area contributed by atoms with E-state index in [1.54, 1.807) is 12.1 Å². The number of carboxylic acid groups (broad SMARTS) is 1. The number of likely N-dealkylation sites (N-methyl/N-ethyl adjacent to an activating group) is 1. The maximum Gasteiger partial charge on any atom is 0.335 e. The number of nitrogens with one attached hydrogen (secondary N) is 1. The summed E-state index contributed by atoms with van der Waals surface area (Å²) in [5, 5.41) is 12.2. The van der Waals surface area contributed by atoms with Gasteiger partial charge >= 0.3 is 5.97 Å². The van der Waals surface area contributed by atoms with E-state index < -0.39 is 5.97 Å². The predicted molar refractivity (Wildman–Crippen MR) is 77.0 cm³/mol. The first kappa shape index (κ1) is 15.0. The van der Waals surface area contributed by atoms with Crippen molar-refractivity contribution in [2.24, 2.45) is 0 Å². The smallest absolute Gasteiger partial charge is 0.335 e. The van der Waals surface area contributed by atoms with E-state index in [9.17, 15) is 4.79 Å². The molecule has 5 nitrogen and oxygen atoms in total. The number of benzene rings is 1. The second-order valence-corrected chi connectivity index (χ2v) is 5.02. The van der Waals surface area contributed by atoms with Crippen LogP contribution >= 0.6 is 0 Å². The van der Waals surface area contributed by atoms with Gasteiger partial charge in [-0.25, -0.2) is 4.79 Å². The van der Waals surface area contributed by atoms with Gasteiger partial charge in [0.1, 0.15) is 0 Å². The number of hydrogen-bond donors (Lipinski definition) is 2. The Labute approximate surface area is 119 Å². The summed E-state index contributed by atoms with van der Waals surface area (Å²) in [6.07, 6.45) is 0.238. The minimum Gasteiger partial charge on any atom is -0.478 e. The van der Waals surface area contributed by atoms with Crippen molar-refractivity contribution in [1.29, 1.82) is 0 Å². The van der Waals surface area contributed by atoms with Gasteiger partial charge in [-0.3, -0.25) is 4.90 Å². The van der Waals surface area contributed by atoms with Crippen molar-refractivity contribution in [3.05, 3.63) is 35.4 Å². The van der Waals surface area contributed by atoms with Crippen LogP contribution in [0.5, 0.6) is 0 Å². The van der Waals surface area contributed by atoms with Crippen molar-refractivity contribution in [2.75, 3.05) is 32.8 Å². The summed E-state index contributed by atoms with van der Waals surface area (Å²) in [5.41, 5.74) is 1.40. The molecule has 1 atom stereocenters. The minimum absolute atomic E-state index is 0.238. The molecule has 1 aliphatic heterocycles. The van der Waals surface area contributed by atoms with Crippen molar-refractivity contribution in [1.82, 2.24) is 10.2 Å². The monoisotopic (exact) mass is 278 g/mol. The van der Waals surface area contributed by atoms with Crippen molar-refractivity contribution in [3.63, 3.8) is 0 Å². The van der Waals surface area contributed by atoms with Gasteiger partial charge in [0.15, 0.2) is 0 Å². The van der Waals surface area contributed by atoms with Gasteiger partial charge in [-0.1, -0.05) is 19.1 Å². The molecule has 2 N–H and O–H groups in total. The lowest BCUT2D eigenvalue weighted by Gasteiger charge is -2.32. The van der Waals surface area contributed by atoms with E-state index in [0.717, 1.165) is 44.9 Å². The summed E-state index contributed by atoms with van der Waals surface area (Å²) in [6.45, 7) is 7.57. The highest BCUT2D eigenvalue weighted by Gasteiger charge is 2.18. The van der Waals surface area contributed by atoms with Gasteiger partial charge < -0.3 is 15.2 Å². The normalized spacial score (nSPS) is 19.9. The molecule has 1 heterocycles. The summed E-state index contributed by atoms with van der Waals surface area (Å²) in [6, 6.07) is 6.96. The van der Waals surface area contributed by atoms with Crippen LogP contribution < -0.4 is 5.32 Å². The molecule has 0 aliphatic carbocycles. The highest BCUT2D eigenvalue weighted by molar-refractivity contribution is 5.87. The zero-order valence-electron chi connectivity index (χ0n) is 11.8. The summed E-state index contributed by atoms with van der Waals surface area (Å²) in [4.78, 5) is 13.1. The number of rotatable bonds is 6. The molecule has 5 heteroatoms. The van der Waals surface area contributed by atoms with Crippen LogP contribution in [-0.4, -0.2) is 54.9 Å². The molecule has 0 radical (unpaired) electrons. The number of ether oxygens (including phenoxy) is 1. The zero-order chi connectivity index (χ0) is 14.4. The average Bonchev–Trinajstić information content (AvgIpc) is 2.48. The zero-order valence-corrected chi connectivity index (χ0v) is 11.8. The standard InChI is InChI=1S/C15H22N2O3/c1-2-17-7-8-20-14(11-17)10-16-9-12-3-5-13(6-4-12)15(18)19/h3-6,14,16H,2,7-11H2,1H3,(H,18,19). The van der Waals surface area contributed by atoms with Crippen LogP contribution in [0.2, 0.25) is 0 Å². The second kappa shape index (κ2) is 7.38. The molecule has 2 rings (SSSR count). The minimum atomic E-state index is -0.889. The van der Waals surface area contributed by atoms with Crippen molar-refractivity contribution < 1.29 is 14.6 Å². The summed E-state index contributed by atoms with van der Waals surface area (Å²) in [5.74, 6) is -0.889. The molecule has 0 amide bonds.